The third kappa shape index (κ3) is 1.51. The summed E-state index contributed by atoms with van der Waals surface area (Å²) in [4.78, 5) is 0. The molecule has 14 heavy (non-hydrogen) atoms. The van der Waals surface area contributed by atoms with Gasteiger partial charge >= 0.3 is 0 Å². The maximum absolute atomic E-state index is 8.74. The Morgan fingerprint density at radius 3 is 2.21 bits per heavy atom. The summed E-state index contributed by atoms with van der Waals surface area (Å²) in [5.74, 6) is 1.62. The number of nitrogens with two attached hydrogens (primary N) is 1. The number of nitrogens with zero attached hydrogens (tertiary/aromatic N) is 1. The maximum Gasteiger partial charge on any atom is 0.110 e. The summed E-state index contributed by atoms with van der Waals surface area (Å²) in [7, 11) is 0. The van der Waals surface area contributed by atoms with Gasteiger partial charge in [-0.25, -0.2) is 0 Å². The Bertz CT molecular complexity index is 433. The van der Waals surface area contributed by atoms with E-state index in [0.717, 1.165) is 22.6 Å². The second kappa shape index (κ2) is 3.59. The van der Waals surface area contributed by atoms with E-state index in [-0.39, 0.29) is 0 Å². The molecule has 0 fully saturated rings. The summed E-state index contributed by atoms with van der Waals surface area (Å²) in [6.45, 7) is 7.39. The van der Waals surface area contributed by atoms with Crippen LogP contribution in [0, 0.1) is 32.1 Å². The fourth-order valence-corrected chi connectivity index (χ4v) is 1.44. The zero-order valence-corrected chi connectivity index (χ0v) is 8.93. The van der Waals surface area contributed by atoms with Crippen LogP contribution in [0.1, 0.15) is 29.6 Å². The van der Waals surface area contributed by atoms with Gasteiger partial charge in [-0.1, -0.05) is 0 Å². The van der Waals surface area contributed by atoms with Crippen LogP contribution >= 0.6 is 0 Å². The molecular formula is C11H14N2O. The van der Waals surface area contributed by atoms with Crippen molar-refractivity contribution in [2.45, 2.75) is 27.7 Å². The predicted octanol–water partition coefficient (Wildman–Crippen LogP) is 2.42. The van der Waals surface area contributed by atoms with Crippen molar-refractivity contribution in [1.82, 2.24) is 0 Å². The molecule has 0 aromatic carbocycles. The van der Waals surface area contributed by atoms with Crippen molar-refractivity contribution in [3.05, 3.63) is 28.2 Å². The first-order valence-electron chi connectivity index (χ1n) is 4.42. The molecule has 1 rings (SSSR count). The van der Waals surface area contributed by atoms with Crippen molar-refractivity contribution in [2.24, 2.45) is 5.73 Å². The molecule has 0 aliphatic rings. The third-order valence-electron chi connectivity index (χ3n) is 2.40. The largest absolute Gasteiger partial charge is 0.466 e. The van der Waals surface area contributed by atoms with Crippen LogP contribution in [-0.2, 0) is 0 Å². The molecule has 0 saturated heterocycles. The van der Waals surface area contributed by atoms with E-state index in [1.807, 2.05) is 26.8 Å². The Balaban J connectivity index is 3.42. The van der Waals surface area contributed by atoms with E-state index >= 15 is 0 Å². The van der Waals surface area contributed by atoms with Gasteiger partial charge in [-0.15, -0.1) is 0 Å². The number of rotatable bonds is 1. The molecule has 0 bridgehead atoms. The van der Waals surface area contributed by atoms with Crippen LogP contribution in [0.4, 0.5) is 0 Å². The topological polar surface area (TPSA) is 63.0 Å². The molecule has 3 nitrogen and oxygen atoms in total. The van der Waals surface area contributed by atoms with Gasteiger partial charge in [0, 0.05) is 5.56 Å². The Kier molecular flexibility index (Phi) is 2.66. The van der Waals surface area contributed by atoms with Gasteiger partial charge in [0.25, 0.3) is 0 Å². The minimum atomic E-state index is 0.513. The number of hydrogen-bond donors (Lipinski definition) is 1. The summed E-state index contributed by atoms with van der Waals surface area (Å²) >= 11 is 0. The van der Waals surface area contributed by atoms with E-state index in [1.165, 1.54) is 0 Å². The molecule has 3 heteroatoms. The highest BCUT2D eigenvalue weighted by atomic mass is 16.3. The number of allylic oxidation sites excluding steroid dienone is 1. The summed E-state index contributed by atoms with van der Waals surface area (Å²) in [5.41, 5.74) is 8.77. The van der Waals surface area contributed by atoms with Crippen molar-refractivity contribution in [3.8, 4) is 6.07 Å². The molecule has 1 aromatic rings. The van der Waals surface area contributed by atoms with Crippen LogP contribution in [-0.4, -0.2) is 0 Å². The Morgan fingerprint density at radius 2 is 1.86 bits per heavy atom. The minimum absolute atomic E-state index is 0.513. The Morgan fingerprint density at radius 1 is 1.29 bits per heavy atom. The van der Waals surface area contributed by atoms with Gasteiger partial charge in [0.2, 0.25) is 0 Å². The quantitative estimate of drug-likeness (QED) is 0.691. The second-order valence-electron chi connectivity index (χ2n) is 3.36. The molecule has 2 N–H and O–H groups in total. The molecule has 0 radical (unpaired) electrons. The van der Waals surface area contributed by atoms with E-state index in [2.05, 4.69) is 0 Å². The van der Waals surface area contributed by atoms with Crippen LogP contribution in [0.5, 0.6) is 0 Å². The van der Waals surface area contributed by atoms with Gasteiger partial charge in [0.1, 0.15) is 11.5 Å². The maximum atomic E-state index is 8.74. The predicted molar refractivity (Wildman–Crippen MR) is 55.3 cm³/mol. The lowest BCUT2D eigenvalue weighted by molar-refractivity contribution is 0.502. The van der Waals surface area contributed by atoms with Crippen LogP contribution in [0.15, 0.2) is 9.99 Å². The zero-order chi connectivity index (χ0) is 10.9. The number of aryl methyl sites for hydroxylation is 2. The van der Waals surface area contributed by atoms with E-state index in [1.54, 1.807) is 6.92 Å². The number of nitriles is 1. The summed E-state index contributed by atoms with van der Waals surface area (Å²) < 4.78 is 5.44. The molecule has 0 atom stereocenters. The van der Waals surface area contributed by atoms with Gasteiger partial charge in [-0.3, -0.25) is 0 Å². The van der Waals surface area contributed by atoms with Gasteiger partial charge in [0.15, 0.2) is 0 Å². The molecule has 1 heterocycles. The first kappa shape index (κ1) is 10.4. The Hall–Kier alpha value is -1.69. The molecule has 1 aromatic heterocycles. The van der Waals surface area contributed by atoms with E-state index < -0.39 is 0 Å². The monoisotopic (exact) mass is 190 g/mol. The zero-order valence-electron chi connectivity index (χ0n) is 8.93. The SMILES string of the molecule is CC(C#N)=C(N)c1c(C)oc(C)c1C. The molecule has 0 amide bonds. The van der Waals surface area contributed by atoms with E-state index in [9.17, 15) is 0 Å². The van der Waals surface area contributed by atoms with E-state index in [4.69, 9.17) is 15.4 Å². The van der Waals surface area contributed by atoms with Crippen LogP contribution in [0.2, 0.25) is 0 Å². The molecule has 0 saturated carbocycles. The molecule has 74 valence electrons. The fourth-order valence-electron chi connectivity index (χ4n) is 1.44. The third-order valence-corrected chi connectivity index (χ3v) is 2.40. The second-order valence-corrected chi connectivity index (χ2v) is 3.36. The highest BCUT2D eigenvalue weighted by molar-refractivity contribution is 5.72. The van der Waals surface area contributed by atoms with E-state index in [0.29, 0.717) is 11.3 Å². The average Bonchev–Trinajstić information content (AvgIpc) is 2.39. The lowest BCUT2D eigenvalue weighted by Gasteiger charge is -2.01. The van der Waals surface area contributed by atoms with Gasteiger partial charge < -0.3 is 10.2 Å². The van der Waals surface area contributed by atoms with Crippen LogP contribution in [0.25, 0.3) is 5.70 Å². The summed E-state index contributed by atoms with van der Waals surface area (Å²) in [5, 5.41) is 8.74. The lowest BCUT2D eigenvalue weighted by atomic mass is 10.0. The molecular weight excluding hydrogens is 176 g/mol. The van der Waals surface area contributed by atoms with Crippen molar-refractivity contribution >= 4 is 5.70 Å². The van der Waals surface area contributed by atoms with Crippen LogP contribution in [0.3, 0.4) is 0 Å². The van der Waals surface area contributed by atoms with Crippen molar-refractivity contribution in [1.29, 1.82) is 5.26 Å². The normalized spacial score (nSPS) is 12.2. The first-order chi connectivity index (χ1) is 6.49. The average molecular weight is 190 g/mol. The van der Waals surface area contributed by atoms with Crippen LogP contribution < -0.4 is 5.73 Å². The standard InChI is InChI=1S/C11H14N2O/c1-6(5-12)11(13)10-7(2)8(3)14-9(10)4/h13H2,1-4H3. The minimum Gasteiger partial charge on any atom is -0.466 e. The summed E-state index contributed by atoms with van der Waals surface area (Å²) in [6.07, 6.45) is 0. The first-order valence-corrected chi connectivity index (χ1v) is 4.42. The number of hydrogen-bond acceptors (Lipinski definition) is 3. The highest BCUT2D eigenvalue weighted by Gasteiger charge is 2.14. The molecule has 0 spiro atoms. The Labute approximate surface area is 83.8 Å². The molecule has 0 aliphatic carbocycles. The fraction of sp³-hybridized carbons (Fsp3) is 0.364. The van der Waals surface area contributed by atoms with Crippen molar-refractivity contribution < 1.29 is 4.42 Å². The molecule has 0 aliphatic heterocycles. The molecule has 0 unspecified atom stereocenters. The highest BCUT2D eigenvalue weighted by Crippen LogP contribution is 2.26. The van der Waals surface area contributed by atoms with Gasteiger partial charge in [-0.05, 0) is 33.3 Å². The van der Waals surface area contributed by atoms with Gasteiger partial charge in [0.05, 0.1) is 17.3 Å². The van der Waals surface area contributed by atoms with Gasteiger partial charge in [-0.2, -0.15) is 5.26 Å². The number of furan rings is 1. The smallest absolute Gasteiger partial charge is 0.110 e. The van der Waals surface area contributed by atoms with Crippen molar-refractivity contribution in [3.63, 3.8) is 0 Å². The lowest BCUT2D eigenvalue weighted by Crippen LogP contribution is -2.01. The summed E-state index contributed by atoms with van der Waals surface area (Å²) in [6, 6.07) is 2.04. The van der Waals surface area contributed by atoms with Crippen molar-refractivity contribution in [2.75, 3.05) is 0 Å².